The molecule has 4 aliphatic rings. The Bertz CT molecular complexity index is 2650. The third-order valence-electron chi connectivity index (χ3n) is 12.3. The van der Waals surface area contributed by atoms with Crippen molar-refractivity contribution in [1.29, 1.82) is 0 Å². The van der Waals surface area contributed by atoms with Gasteiger partial charge in [0.1, 0.15) is 31.5 Å². The number of aromatic carboxylic acids is 1. The Balaban J connectivity index is 0.854. The minimum atomic E-state index is -1.45. The lowest BCUT2D eigenvalue weighted by atomic mass is 9.89. The predicted molar refractivity (Wildman–Crippen MR) is 273 cm³/mol. The van der Waals surface area contributed by atoms with Crippen molar-refractivity contribution in [3.63, 3.8) is 0 Å². The van der Waals surface area contributed by atoms with Gasteiger partial charge in [0.15, 0.2) is 0 Å². The molecule has 3 aliphatic heterocycles. The van der Waals surface area contributed by atoms with Gasteiger partial charge in [0.2, 0.25) is 23.1 Å². The van der Waals surface area contributed by atoms with Gasteiger partial charge in [0.25, 0.3) is 5.91 Å². The number of rotatable bonds is 28. The van der Waals surface area contributed by atoms with Gasteiger partial charge in [-0.3, -0.25) is 19.2 Å². The lowest BCUT2D eigenvalue weighted by molar-refractivity contribution is -0.255. The fourth-order valence-electron chi connectivity index (χ4n) is 8.41. The molecular formula is C52H66N8O11S. The van der Waals surface area contributed by atoms with Crippen molar-refractivity contribution in [3.8, 4) is 34.8 Å². The molecule has 2 fully saturated rings. The van der Waals surface area contributed by atoms with Crippen LogP contribution in [-0.2, 0) is 28.6 Å². The standard InChI is InChI=1S/C52H66N8O11S/c1-6-11-40(56-49(63)33-14-17-36(51(65)66)39(28-33)47-37-18-15-34(59(2)3)29-42(37)71-43-30-35(60(4)5)16-19-38(43)47)50(64)55-31-46(62)54-21-10-23-69-25-27-70-26-24-68-22-9-20-53-45(61)13-8-7-12-44-48-41(32-72-44)57-52(67)58-48/h1,14-19,28-30,40-41,44,48H,7-13,20-27,31-32H2,2-5H3,(H6-,53,54,55,56,57,58,61,62,63,64,65,66,67)/t40-,41-,44-,48-/m0/s1. The molecule has 3 heterocycles. The number of hydrogen-bond donors (Lipinski definition) is 6. The third kappa shape index (κ3) is 15.4. The van der Waals surface area contributed by atoms with E-state index < -0.39 is 29.7 Å². The molecule has 4 atom stereocenters. The van der Waals surface area contributed by atoms with Crippen molar-refractivity contribution in [2.45, 2.75) is 68.3 Å². The molecule has 6 amide bonds. The van der Waals surface area contributed by atoms with Crippen LogP contribution in [0.5, 0.6) is 0 Å². The van der Waals surface area contributed by atoms with Gasteiger partial charge in [0.05, 0.1) is 57.1 Å². The summed E-state index contributed by atoms with van der Waals surface area (Å²) in [5.41, 5.74) is 2.59. The number of urea groups is 1. The summed E-state index contributed by atoms with van der Waals surface area (Å²) in [4.78, 5) is 77.8. The number of anilines is 1. The smallest absolute Gasteiger partial charge is 0.315 e. The number of benzene rings is 3. The first-order valence-corrected chi connectivity index (χ1v) is 25.3. The van der Waals surface area contributed by atoms with Crippen LogP contribution in [0.1, 0.15) is 65.7 Å². The predicted octanol–water partition coefficient (Wildman–Crippen LogP) is 1.69. The fraction of sp³-hybridized carbons (Fsp3) is 0.481. The SMILES string of the molecule is C#CC[C@H](NC(=O)c1ccc(C(=O)[O-])c(-c2c3ccc(=[N+](C)C)cc-3oc3cc(N(C)C)ccc23)c1)C(=O)NCC(=O)NCCCOCCOCCOCCCNC(=O)CCCC[C@@H]1SC[C@@H]2NC(=O)N[C@@H]21. The number of carboxylic acids is 1. The van der Waals surface area contributed by atoms with E-state index in [4.69, 9.17) is 25.1 Å². The van der Waals surface area contributed by atoms with E-state index in [1.165, 1.54) is 18.2 Å². The maximum Gasteiger partial charge on any atom is 0.315 e. The second-order valence-electron chi connectivity index (χ2n) is 17.9. The van der Waals surface area contributed by atoms with Gasteiger partial charge in [-0.1, -0.05) is 12.5 Å². The van der Waals surface area contributed by atoms with Crippen LogP contribution in [0.3, 0.4) is 0 Å². The molecule has 2 saturated heterocycles. The third-order valence-corrected chi connectivity index (χ3v) is 13.8. The Hall–Kier alpha value is -6.66. The summed E-state index contributed by atoms with van der Waals surface area (Å²) in [5, 5.41) is 31.2. The first-order chi connectivity index (χ1) is 34.7. The number of nitrogens with one attached hydrogen (secondary N) is 6. The molecule has 19 nitrogen and oxygen atoms in total. The zero-order valence-electron chi connectivity index (χ0n) is 41.4. The molecule has 0 unspecified atom stereocenters. The quantitative estimate of drug-likeness (QED) is 0.0156. The van der Waals surface area contributed by atoms with Crippen LogP contribution >= 0.6 is 11.8 Å². The van der Waals surface area contributed by atoms with E-state index >= 15 is 0 Å². The van der Waals surface area contributed by atoms with Gasteiger partial charge >= 0.3 is 6.03 Å². The van der Waals surface area contributed by atoms with E-state index in [1.54, 1.807) is 0 Å². The average Bonchev–Trinajstić information content (AvgIpc) is 3.92. The van der Waals surface area contributed by atoms with Crippen LogP contribution in [0.4, 0.5) is 10.5 Å². The first kappa shape index (κ1) is 54.7. The molecule has 0 radical (unpaired) electrons. The summed E-state index contributed by atoms with van der Waals surface area (Å²) in [5.74, 6) is 0.597. The minimum absolute atomic E-state index is 0.0375. The maximum atomic E-state index is 13.8. The second kappa shape index (κ2) is 27.2. The van der Waals surface area contributed by atoms with Gasteiger partial charge in [0, 0.05) is 110 Å². The molecule has 1 aliphatic carbocycles. The van der Waals surface area contributed by atoms with Crippen LogP contribution in [-0.4, -0.2) is 152 Å². The monoisotopic (exact) mass is 1010 g/mol. The van der Waals surface area contributed by atoms with Crippen molar-refractivity contribution < 1.29 is 52.5 Å². The number of fused-ring (bicyclic) bond motifs is 3. The van der Waals surface area contributed by atoms with Gasteiger partial charge in [-0.25, -0.2) is 9.37 Å². The van der Waals surface area contributed by atoms with Crippen LogP contribution in [0.25, 0.3) is 33.4 Å². The molecule has 0 aromatic heterocycles. The van der Waals surface area contributed by atoms with E-state index in [1.807, 2.05) is 85.8 Å². The highest BCUT2D eigenvalue weighted by Gasteiger charge is 2.42. The first-order valence-electron chi connectivity index (χ1n) is 24.2. The van der Waals surface area contributed by atoms with Crippen LogP contribution in [0.2, 0.25) is 0 Å². The van der Waals surface area contributed by atoms with E-state index in [-0.39, 0.29) is 53.7 Å². The Kier molecular flexibility index (Phi) is 20.7. The van der Waals surface area contributed by atoms with E-state index in [0.29, 0.717) is 105 Å². The highest BCUT2D eigenvalue weighted by atomic mass is 32.2. The van der Waals surface area contributed by atoms with E-state index in [2.05, 4.69) is 37.8 Å². The summed E-state index contributed by atoms with van der Waals surface area (Å²) in [6.07, 6.45) is 9.86. The van der Waals surface area contributed by atoms with Gasteiger partial charge in [-0.05, 0) is 61.6 Å². The number of hydrogen-bond acceptors (Lipinski definition) is 13. The number of nitrogens with zero attached hydrogens (tertiary/aromatic N) is 2. The maximum absolute atomic E-state index is 13.8. The Morgan fingerprint density at radius 1 is 0.861 bits per heavy atom. The molecule has 6 rings (SSSR count). The van der Waals surface area contributed by atoms with Gasteiger partial charge < -0.3 is 65.3 Å². The number of terminal acetylenes is 1. The summed E-state index contributed by atoms with van der Waals surface area (Å²) < 4.78 is 25.0. The molecule has 0 saturated carbocycles. The molecule has 20 heteroatoms. The lowest BCUT2D eigenvalue weighted by Gasteiger charge is -2.21. The van der Waals surface area contributed by atoms with Crippen molar-refractivity contribution >= 4 is 64.0 Å². The highest BCUT2D eigenvalue weighted by Crippen LogP contribution is 2.42. The Morgan fingerprint density at radius 3 is 2.25 bits per heavy atom. The number of carboxylic acid groups (broad SMARTS) is 1. The molecule has 2 aromatic carbocycles. The average molecular weight is 1010 g/mol. The number of carbonyl (C=O) groups excluding carboxylic acids is 6. The summed E-state index contributed by atoms with van der Waals surface area (Å²) in [6, 6.07) is 14.4. The largest absolute Gasteiger partial charge is 0.545 e. The summed E-state index contributed by atoms with van der Waals surface area (Å²) >= 11 is 1.88. The minimum Gasteiger partial charge on any atom is -0.545 e. The topological polar surface area (TPSA) is 245 Å². The molecule has 386 valence electrons. The zero-order chi connectivity index (χ0) is 51.6. The van der Waals surface area contributed by atoms with Crippen molar-refractivity contribution in [2.24, 2.45) is 0 Å². The van der Waals surface area contributed by atoms with Gasteiger partial charge in [-0.2, -0.15) is 11.8 Å². The molecule has 6 N–H and O–H groups in total. The molecule has 0 bridgehead atoms. The Labute approximate surface area is 423 Å². The Morgan fingerprint density at radius 2 is 1.57 bits per heavy atom. The number of ether oxygens (including phenoxy) is 3. The van der Waals surface area contributed by atoms with Crippen molar-refractivity contribution in [1.82, 2.24) is 36.5 Å². The van der Waals surface area contributed by atoms with E-state index in [9.17, 15) is 33.9 Å². The van der Waals surface area contributed by atoms with Gasteiger partial charge in [-0.15, -0.1) is 12.3 Å². The second-order valence-corrected chi connectivity index (χ2v) is 19.2. The highest BCUT2D eigenvalue weighted by molar-refractivity contribution is 8.00. The van der Waals surface area contributed by atoms with Crippen LogP contribution < -0.4 is 51.8 Å². The zero-order valence-corrected chi connectivity index (χ0v) is 42.2. The fourth-order valence-corrected chi connectivity index (χ4v) is 9.96. The normalized spacial score (nSPS) is 16.3. The number of carbonyl (C=O) groups is 6. The molecule has 72 heavy (non-hydrogen) atoms. The molecule has 2 aromatic rings. The number of amides is 6. The molecule has 0 spiro atoms. The van der Waals surface area contributed by atoms with Crippen LogP contribution in [0, 0.1) is 12.3 Å². The van der Waals surface area contributed by atoms with Crippen molar-refractivity contribution in [2.75, 3.05) is 98.1 Å². The number of unbranched alkanes of at least 4 members (excludes halogenated alkanes) is 1. The summed E-state index contributed by atoms with van der Waals surface area (Å²) in [6.45, 7) is 2.92. The van der Waals surface area contributed by atoms with Crippen LogP contribution in [0.15, 0.2) is 59.0 Å². The summed E-state index contributed by atoms with van der Waals surface area (Å²) in [7, 11) is 7.58. The lowest BCUT2D eigenvalue weighted by Crippen LogP contribution is -2.49. The molecular weight excluding hydrogens is 945 g/mol. The van der Waals surface area contributed by atoms with Crippen molar-refractivity contribution in [3.05, 3.63) is 71.1 Å². The number of thioether (sulfide) groups is 1. The van der Waals surface area contributed by atoms with E-state index in [0.717, 1.165) is 36.1 Å².